The third kappa shape index (κ3) is 3.11. The Labute approximate surface area is 189 Å². The second-order valence-electron chi connectivity index (χ2n) is 8.47. The van der Waals surface area contributed by atoms with Gasteiger partial charge < -0.3 is 4.90 Å². The molecule has 2 aromatic heterocycles. The molecule has 5 nitrogen and oxygen atoms in total. The lowest BCUT2D eigenvalue weighted by Crippen LogP contribution is -2.45. The molecule has 5 rings (SSSR count). The Balaban J connectivity index is 1.53. The van der Waals surface area contributed by atoms with Crippen molar-refractivity contribution in [2.75, 3.05) is 0 Å². The lowest BCUT2D eigenvalue weighted by atomic mass is 9.59. The van der Waals surface area contributed by atoms with Crippen LogP contribution in [0.15, 0.2) is 48.8 Å². The molecule has 158 valence electrons. The summed E-state index contributed by atoms with van der Waals surface area (Å²) in [5.41, 5.74) is 2.44. The van der Waals surface area contributed by atoms with Gasteiger partial charge in [-0.3, -0.25) is 14.5 Å². The molecule has 0 fully saturated rings. The summed E-state index contributed by atoms with van der Waals surface area (Å²) >= 11 is 6.33. The molecule has 0 aliphatic carbocycles. The third-order valence-electron chi connectivity index (χ3n) is 6.00. The number of benzene rings is 2. The van der Waals surface area contributed by atoms with Crippen molar-refractivity contribution in [2.24, 2.45) is 7.05 Å². The van der Waals surface area contributed by atoms with Crippen LogP contribution < -0.4 is 0 Å². The quantitative estimate of drug-likeness (QED) is 0.453. The van der Waals surface area contributed by atoms with E-state index in [0.29, 0.717) is 32.9 Å². The maximum atomic E-state index is 15.1. The minimum Gasteiger partial charge on any atom is -0.339 e. The van der Waals surface area contributed by atoms with Crippen LogP contribution in [-0.4, -0.2) is 41.3 Å². The molecule has 0 saturated heterocycles. The van der Waals surface area contributed by atoms with Crippen molar-refractivity contribution < 1.29 is 13.6 Å². The van der Waals surface area contributed by atoms with E-state index in [-0.39, 0.29) is 18.0 Å². The Kier molecular flexibility index (Phi) is 4.64. The lowest BCUT2D eigenvalue weighted by Gasteiger charge is -2.32. The zero-order valence-electron chi connectivity index (χ0n) is 17.7. The van der Waals surface area contributed by atoms with E-state index < -0.39 is 17.0 Å². The summed E-state index contributed by atoms with van der Waals surface area (Å²) in [6, 6.07) is 9.32. The fourth-order valence-corrected chi connectivity index (χ4v) is 4.58. The number of aryl methyl sites for hydroxylation is 1. The molecule has 0 atom stereocenters. The Morgan fingerprint density at radius 3 is 2.50 bits per heavy atom. The molecular formula is C22H17B2ClF2N4O. The van der Waals surface area contributed by atoms with Gasteiger partial charge >= 0.3 is 0 Å². The molecule has 2 aromatic carbocycles. The smallest absolute Gasteiger partial charge is 0.255 e. The van der Waals surface area contributed by atoms with Gasteiger partial charge in [0, 0.05) is 35.7 Å². The van der Waals surface area contributed by atoms with Crippen molar-refractivity contribution in [3.63, 3.8) is 0 Å². The van der Waals surface area contributed by atoms with Gasteiger partial charge in [0.1, 0.15) is 32.8 Å². The van der Waals surface area contributed by atoms with Gasteiger partial charge in [-0.05, 0) is 47.5 Å². The number of carbonyl (C=O) groups excluding carboxylic acids is 1. The maximum Gasteiger partial charge on any atom is 0.255 e. The molecule has 1 aliphatic rings. The van der Waals surface area contributed by atoms with E-state index in [1.165, 1.54) is 17.0 Å². The number of carbonyl (C=O) groups is 1. The summed E-state index contributed by atoms with van der Waals surface area (Å²) in [7, 11) is 5.41. The Morgan fingerprint density at radius 2 is 1.81 bits per heavy atom. The maximum absolute atomic E-state index is 15.1. The molecule has 32 heavy (non-hydrogen) atoms. The molecule has 0 unspecified atom stereocenters. The number of hydrogen-bond donors (Lipinski definition) is 0. The van der Waals surface area contributed by atoms with Gasteiger partial charge in [-0.25, -0.2) is 8.78 Å². The topological polar surface area (TPSA) is 51.0 Å². The van der Waals surface area contributed by atoms with Gasteiger partial charge in [0.2, 0.25) is 0 Å². The van der Waals surface area contributed by atoms with Crippen molar-refractivity contribution >= 4 is 44.1 Å². The summed E-state index contributed by atoms with van der Waals surface area (Å²) < 4.78 is 31.9. The fourth-order valence-electron chi connectivity index (χ4n) is 4.32. The standard InChI is InChI=1S/C22H17B2ClF2N4O/c1-30-9-13-5-11(6-16(25)19(13)29-30)12-7-17(26)15(18(27)8-12)10-31-21(32)14-3-2-4-28-20(14)22(31,23)24/h2-9H,10,23-24H2,1H3. The molecule has 0 bridgehead atoms. The third-order valence-corrected chi connectivity index (χ3v) is 6.29. The van der Waals surface area contributed by atoms with Crippen LogP contribution in [0.5, 0.6) is 0 Å². The van der Waals surface area contributed by atoms with Crippen LogP contribution in [0.1, 0.15) is 21.6 Å². The van der Waals surface area contributed by atoms with Crippen molar-refractivity contribution in [2.45, 2.75) is 11.9 Å². The first-order chi connectivity index (χ1) is 15.2. The molecule has 0 N–H and O–H groups in total. The number of hydrogen-bond acceptors (Lipinski definition) is 3. The number of amides is 1. The first kappa shape index (κ1) is 20.7. The van der Waals surface area contributed by atoms with E-state index in [9.17, 15) is 4.79 Å². The number of nitrogens with zero attached hydrogens (tertiary/aromatic N) is 4. The summed E-state index contributed by atoms with van der Waals surface area (Å²) in [6.07, 6.45) is 3.40. The van der Waals surface area contributed by atoms with E-state index in [4.69, 9.17) is 11.6 Å². The zero-order valence-corrected chi connectivity index (χ0v) is 18.4. The van der Waals surface area contributed by atoms with E-state index >= 15 is 8.78 Å². The van der Waals surface area contributed by atoms with Crippen LogP contribution in [0.25, 0.3) is 22.0 Å². The summed E-state index contributed by atoms with van der Waals surface area (Å²) in [4.78, 5) is 18.7. The number of pyridine rings is 1. The van der Waals surface area contributed by atoms with Crippen LogP contribution in [0.3, 0.4) is 0 Å². The number of fused-ring (bicyclic) bond motifs is 2. The zero-order chi connectivity index (χ0) is 22.8. The highest BCUT2D eigenvalue weighted by atomic mass is 35.5. The molecule has 1 aliphatic heterocycles. The van der Waals surface area contributed by atoms with Gasteiger partial charge in [-0.2, -0.15) is 5.10 Å². The molecule has 1 amide bonds. The second-order valence-corrected chi connectivity index (χ2v) is 8.87. The molecule has 0 radical (unpaired) electrons. The fraction of sp³-hybridized carbons (Fsp3) is 0.136. The summed E-state index contributed by atoms with van der Waals surface area (Å²) in [5.74, 6) is -1.75. The average Bonchev–Trinajstić information content (AvgIpc) is 3.21. The Morgan fingerprint density at radius 1 is 1.12 bits per heavy atom. The Hall–Kier alpha value is -3.19. The van der Waals surface area contributed by atoms with Crippen molar-refractivity contribution in [3.8, 4) is 11.1 Å². The predicted octanol–water partition coefficient (Wildman–Crippen LogP) is 2.60. The van der Waals surface area contributed by atoms with Gasteiger partial charge in [-0.15, -0.1) is 0 Å². The second kappa shape index (κ2) is 7.17. The van der Waals surface area contributed by atoms with Crippen LogP contribution in [0, 0.1) is 11.6 Å². The van der Waals surface area contributed by atoms with Crippen LogP contribution >= 0.6 is 11.6 Å². The Bertz CT molecular complexity index is 1400. The summed E-state index contributed by atoms with van der Waals surface area (Å²) in [5, 5.41) is 4.67. The molecule has 0 saturated carbocycles. The largest absolute Gasteiger partial charge is 0.339 e. The first-order valence-corrected chi connectivity index (χ1v) is 10.4. The lowest BCUT2D eigenvalue weighted by molar-refractivity contribution is 0.0727. The minimum absolute atomic E-state index is 0.170. The van der Waals surface area contributed by atoms with E-state index in [1.807, 2.05) is 15.7 Å². The average molecular weight is 448 g/mol. The van der Waals surface area contributed by atoms with E-state index in [0.717, 1.165) is 5.39 Å². The van der Waals surface area contributed by atoms with Crippen LogP contribution in [-0.2, 0) is 18.9 Å². The van der Waals surface area contributed by atoms with Crippen molar-refractivity contribution in [1.29, 1.82) is 0 Å². The van der Waals surface area contributed by atoms with Crippen LogP contribution in [0.4, 0.5) is 8.78 Å². The van der Waals surface area contributed by atoms with E-state index in [2.05, 4.69) is 10.1 Å². The molecule has 10 heteroatoms. The molecular weight excluding hydrogens is 431 g/mol. The van der Waals surface area contributed by atoms with Gasteiger partial charge in [0.15, 0.2) is 0 Å². The van der Waals surface area contributed by atoms with Crippen molar-refractivity contribution in [3.05, 3.63) is 82.3 Å². The highest BCUT2D eigenvalue weighted by Gasteiger charge is 2.44. The van der Waals surface area contributed by atoms with Gasteiger partial charge in [0.05, 0.1) is 22.8 Å². The van der Waals surface area contributed by atoms with E-state index in [1.54, 1.807) is 48.4 Å². The number of rotatable bonds is 3. The predicted molar refractivity (Wildman–Crippen MR) is 124 cm³/mol. The SMILES string of the molecule is BC1(B)c2ncccc2C(=O)N1Cc1c(F)cc(-c2cc(Cl)c3nn(C)cc3c2)cc1F. The highest BCUT2D eigenvalue weighted by molar-refractivity contribution is 6.42. The first-order valence-electron chi connectivity index (χ1n) is 10.1. The minimum atomic E-state index is -0.788. The number of aromatic nitrogens is 3. The van der Waals surface area contributed by atoms with Gasteiger partial charge in [-0.1, -0.05) is 11.6 Å². The normalized spacial score (nSPS) is 14.9. The molecule has 4 aromatic rings. The monoisotopic (exact) mass is 448 g/mol. The van der Waals surface area contributed by atoms with Crippen molar-refractivity contribution in [1.82, 2.24) is 19.7 Å². The van der Waals surface area contributed by atoms with Crippen LogP contribution in [0.2, 0.25) is 5.02 Å². The highest BCUT2D eigenvalue weighted by Crippen LogP contribution is 2.36. The molecule has 3 heterocycles. The van der Waals surface area contributed by atoms with Gasteiger partial charge in [0.25, 0.3) is 5.91 Å². The number of halogens is 3. The summed E-state index contributed by atoms with van der Waals surface area (Å²) in [6.45, 7) is -0.206. The molecule has 0 spiro atoms.